The van der Waals surface area contributed by atoms with Gasteiger partial charge in [-0.05, 0) is 57.0 Å². The minimum absolute atomic E-state index is 0.175. The number of hydrogen-bond acceptors (Lipinski definition) is 5. The number of rotatable bonds is 7. The Hall–Kier alpha value is -2.93. The summed E-state index contributed by atoms with van der Waals surface area (Å²) in [5, 5.41) is 0. The van der Waals surface area contributed by atoms with Gasteiger partial charge in [0.2, 0.25) is 11.7 Å². The fraction of sp³-hybridized carbons (Fsp3) is 0.381. The van der Waals surface area contributed by atoms with Crippen LogP contribution in [0.1, 0.15) is 55.3 Å². The second-order valence-electron chi connectivity index (χ2n) is 6.97. The molecule has 1 aliphatic rings. The number of amides is 1. The summed E-state index contributed by atoms with van der Waals surface area (Å²) in [6, 6.07) is 7.60. The third kappa shape index (κ3) is 4.31. The summed E-state index contributed by atoms with van der Waals surface area (Å²) in [4.78, 5) is 35.8. The summed E-state index contributed by atoms with van der Waals surface area (Å²) in [5.41, 5.74) is 8.09. The van der Waals surface area contributed by atoms with Crippen LogP contribution in [0.4, 0.5) is 0 Å². The van der Waals surface area contributed by atoms with E-state index < -0.39 is 11.9 Å². The van der Waals surface area contributed by atoms with Crippen molar-refractivity contribution in [2.24, 2.45) is 5.73 Å². The van der Waals surface area contributed by atoms with Gasteiger partial charge in [-0.1, -0.05) is 0 Å². The lowest BCUT2D eigenvalue weighted by molar-refractivity contribution is 0.0474. The summed E-state index contributed by atoms with van der Waals surface area (Å²) in [6.07, 6.45) is 2.26. The maximum Gasteiger partial charge on any atom is 0.338 e. The van der Waals surface area contributed by atoms with E-state index in [9.17, 15) is 14.4 Å². The zero-order valence-electron chi connectivity index (χ0n) is 16.1. The summed E-state index contributed by atoms with van der Waals surface area (Å²) >= 11 is 0. The number of nitrogens with zero attached hydrogens (tertiary/aromatic N) is 1. The Morgan fingerprint density at radius 2 is 1.86 bits per heavy atom. The Bertz CT molecular complexity index is 892. The van der Waals surface area contributed by atoms with E-state index in [1.165, 1.54) is 24.3 Å². The number of aryl methyl sites for hydroxylation is 1. The first kappa shape index (κ1) is 19.8. The van der Waals surface area contributed by atoms with Crippen molar-refractivity contribution in [3.63, 3.8) is 0 Å². The highest BCUT2D eigenvalue weighted by molar-refractivity contribution is 6.00. The van der Waals surface area contributed by atoms with Crippen LogP contribution in [0.15, 0.2) is 30.3 Å². The van der Waals surface area contributed by atoms with E-state index in [0.717, 1.165) is 37.4 Å². The van der Waals surface area contributed by atoms with Gasteiger partial charge < -0.3 is 19.8 Å². The Morgan fingerprint density at radius 1 is 1.18 bits per heavy atom. The SMILES string of the molecule is Cc1cc(C(=O)COC(=O)c2ccc(C(N)=O)cc2)c(C)n1C[C@@H]1CCCO1. The van der Waals surface area contributed by atoms with Crippen LogP contribution in [-0.2, 0) is 16.0 Å². The van der Waals surface area contributed by atoms with E-state index in [-0.39, 0.29) is 24.1 Å². The van der Waals surface area contributed by atoms with Gasteiger partial charge >= 0.3 is 5.97 Å². The van der Waals surface area contributed by atoms with Gasteiger partial charge in [0.05, 0.1) is 11.7 Å². The molecule has 0 aliphatic carbocycles. The van der Waals surface area contributed by atoms with Gasteiger partial charge in [-0.25, -0.2) is 4.79 Å². The average molecular weight is 384 g/mol. The van der Waals surface area contributed by atoms with Crippen molar-refractivity contribution in [3.8, 4) is 0 Å². The molecular weight excluding hydrogens is 360 g/mol. The second-order valence-corrected chi connectivity index (χ2v) is 6.97. The van der Waals surface area contributed by atoms with E-state index in [1.54, 1.807) is 0 Å². The van der Waals surface area contributed by atoms with Crippen LogP contribution < -0.4 is 5.73 Å². The van der Waals surface area contributed by atoms with Crippen LogP contribution >= 0.6 is 0 Å². The number of benzene rings is 1. The Kier molecular flexibility index (Phi) is 5.94. The smallest absolute Gasteiger partial charge is 0.338 e. The lowest BCUT2D eigenvalue weighted by atomic mass is 10.1. The standard InChI is InChI=1S/C21H24N2O5/c1-13-10-18(14(2)23(13)11-17-4-3-9-27-17)19(24)12-28-21(26)16-7-5-15(6-8-16)20(22)25/h5-8,10,17H,3-4,9,11-12H2,1-2H3,(H2,22,25)/t17-/m0/s1. The molecule has 148 valence electrons. The molecule has 0 radical (unpaired) electrons. The van der Waals surface area contributed by atoms with Crippen molar-refractivity contribution in [2.75, 3.05) is 13.2 Å². The quantitative estimate of drug-likeness (QED) is 0.584. The number of nitrogens with two attached hydrogens (primary N) is 1. The number of Topliss-reactive ketones (excluding diaryl/α,β-unsaturated/α-hetero) is 1. The zero-order valence-corrected chi connectivity index (χ0v) is 16.1. The Morgan fingerprint density at radius 3 is 2.46 bits per heavy atom. The number of ketones is 1. The molecule has 2 aromatic rings. The maximum atomic E-state index is 12.6. The predicted octanol–water partition coefficient (Wildman–Crippen LogP) is 2.42. The molecular formula is C21H24N2O5. The second kappa shape index (κ2) is 8.39. The van der Waals surface area contributed by atoms with Crippen LogP contribution in [0, 0.1) is 13.8 Å². The van der Waals surface area contributed by atoms with Crippen LogP contribution in [0.25, 0.3) is 0 Å². The van der Waals surface area contributed by atoms with Crippen LogP contribution in [0.5, 0.6) is 0 Å². The minimum Gasteiger partial charge on any atom is -0.454 e. The van der Waals surface area contributed by atoms with Gasteiger partial charge in [-0.3, -0.25) is 9.59 Å². The van der Waals surface area contributed by atoms with Crippen molar-refractivity contribution in [1.29, 1.82) is 0 Å². The molecule has 28 heavy (non-hydrogen) atoms. The summed E-state index contributed by atoms with van der Waals surface area (Å²) in [5.74, 6) is -1.46. The number of primary amides is 1. The van der Waals surface area contributed by atoms with Crippen molar-refractivity contribution >= 4 is 17.7 Å². The molecule has 1 saturated heterocycles. The largest absolute Gasteiger partial charge is 0.454 e. The number of aromatic nitrogens is 1. The third-order valence-corrected chi connectivity index (χ3v) is 5.02. The average Bonchev–Trinajstić information content (AvgIpc) is 3.29. The van der Waals surface area contributed by atoms with Gasteiger partial charge in [0.1, 0.15) is 0 Å². The third-order valence-electron chi connectivity index (χ3n) is 5.02. The molecule has 0 unspecified atom stereocenters. The number of ether oxygens (including phenoxy) is 2. The van der Waals surface area contributed by atoms with Crippen molar-refractivity contribution < 1.29 is 23.9 Å². The molecule has 1 amide bonds. The highest BCUT2D eigenvalue weighted by Gasteiger charge is 2.22. The highest BCUT2D eigenvalue weighted by Crippen LogP contribution is 2.21. The van der Waals surface area contributed by atoms with E-state index >= 15 is 0 Å². The van der Waals surface area contributed by atoms with Gasteiger partial charge in [0.15, 0.2) is 6.61 Å². The molecule has 1 aromatic heterocycles. The van der Waals surface area contributed by atoms with Crippen molar-refractivity contribution in [2.45, 2.75) is 39.3 Å². The first-order chi connectivity index (χ1) is 13.4. The number of hydrogen-bond donors (Lipinski definition) is 1. The highest BCUT2D eigenvalue weighted by atomic mass is 16.5. The molecule has 3 rings (SSSR count). The normalized spacial score (nSPS) is 16.1. The van der Waals surface area contributed by atoms with Gasteiger partial charge in [-0.2, -0.15) is 0 Å². The number of carbonyl (C=O) groups excluding carboxylic acids is 3. The lowest BCUT2D eigenvalue weighted by Gasteiger charge is -2.14. The molecule has 7 heteroatoms. The lowest BCUT2D eigenvalue weighted by Crippen LogP contribution is -2.18. The van der Waals surface area contributed by atoms with Crippen LogP contribution in [0.3, 0.4) is 0 Å². The molecule has 0 bridgehead atoms. The first-order valence-corrected chi connectivity index (χ1v) is 9.25. The number of carbonyl (C=O) groups is 3. The van der Waals surface area contributed by atoms with E-state index in [4.69, 9.17) is 15.2 Å². The van der Waals surface area contributed by atoms with E-state index in [1.807, 2.05) is 19.9 Å². The Balaban J connectivity index is 1.62. The van der Waals surface area contributed by atoms with Crippen molar-refractivity contribution in [1.82, 2.24) is 4.57 Å². The molecule has 0 saturated carbocycles. The molecule has 0 spiro atoms. The molecule has 2 heterocycles. The topological polar surface area (TPSA) is 101 Å². The van der Waals surface area contributed by atoms with Gasteiger partial charge in [0.25, 0.3) is 0 Å². The van der Waals surface area contributed by atoms with Crippen LogP contribution in [-0.4, -0.2) is 41.5 Å². The summed E-state index contributed by atoms with van der Waals surface area (Å²) in [6.45, 7) is 4.99. The fourth-order valence-electron chi connectivity index (χ4n) is 3.42. The van der Waals surface area contributed by atoms with E-state index in [2.05, 4.69) is 4.57 Å². The Labute approximate surface area is 163 Å². The van der Waals surface area contributed by atoms with Gasteiger partial charge in [0, 0.05) is 35.7 Å². The van der Waals surface area contributed by atoms with Crippen molar-refractivity contribution in [3.05, 3.63) is 58.4 Å². The molecule has 7 nitrogen and oxygen atoms in total. The summed E-state index contributed by atoms with van der Waals surface area (Å²) in [7, 11) is 0. The maximum absolute atomic E-state index is 12.6. The molecule has 1 aliphatic heterocycles. The van der Waals surface area contributed by atoms with Crippen LogP contribution in [0.2, 0.25) is 0 Å². The molecule has 2 N–H and O–H groups in total. The molecule has 1 aromatic carbocycles. The predicted molar refractivity (Wildman–Crippen MR) is 102 cm³/mol. The minimum atomic E-state index is -0.627. The first-order valence-electron chi connectivity index (χ1n) is 9.25. The molecule has 1 fully saturated rings. The van der Waals surface area contributed by atoms with Gasteiger partial charge in [-0.15, -0.1) is 0 Å². The molecule has 1 atom stereocenters. The zero-order chi connectivity index (χ0) is 20.3. The van der Waals surface area contributed by atoms with E-state index in [0.29, 0.717) is 11.1 Å². The monoisotopic (exact) mass is 384 g/mol. The fourth-order valence-corrected chi connectivity index (χ4v) is 3.42. The summed E-state index contributed by atoms with van der Waals surface area (Å²) < 4.78 is 12.9. The number of esters is 1.